The molecule has 1 unspecified atom stereocenters. The van der Waals surface area contributed by atoms with E-state index in [0.29, 0.717) is 23.2 Å². The van der Waals surface area contributed by atoms with E-state index in [1.54, 1.807) is 29.9 Å². The van der Waals surface area contributed by atoms with Crippen LogP contribution in [0.4, 0.5) is 0 Å². The highest BCUT2D eigenvalue weighted by Gasteiger charge is 2.18. The quantitative estimate of drug-likeness (QED) is 0.236. The Morgan fingerprint density at radius 1 is 1.19 bits per heavy atom. The molecule has 0 amide bonds. The summed E-state index contributed by atoms with van der Waals surface area (Å²) in [7, 11) is 0. The Hall–Kier alpha value is -2.36. The van der Waals surface area contributed by atoms with Crippen LogP contribution in [0, 0.1) is 10.1 Å². The van der Waals surface area contributed by atoms with Crippen LogP contribution in [0.15, 0.2) is 60.5 Å². The minimum Gasteiger partial charge on any atom is -0.367 e. The molecular formula is C20H16Cl3N3O4S. The van der Waals surface area contributed by atoms with Gasteiger partial charge in [-0.1, -0.05) is 40.9 Å². The monoisotopic (exact) mass is 499 g/mol. The summed E-state index contributed by atoms with van der Waals surface area (Å²) in [5.41, 5.74) is 2.01. The summed E-state index contributed by atoms with van der Waals surface area (Å²) in [4.78, 5) is 12.5. The number of halogens is 3. The van der Waals surface area contributed by atoms with E-state index in [1.165, 1.54) is 4.70 Å². The van der Waals surface area contributed by atoms with E-state index >= 15 is 0 Å². The van der Waals surface area contributed by atoms with Crippen molar-refractivity contribution >= 4 is 56.2 Å². The summed E-state index contributed by atoms with van der Waals surface area (Å²) < 4.78 is 9.46. The van der Waals surface area contributed by atoms with Crippen molar-refractivity contribution in [3.05, 3.63) is 96.8 Å². The first-order valence-corrected chi connectivity index (χ1v) is 10.9. The van der Waals surface area contributed by atoms with Crippen molar-refractivity contribution in [3.8, 4) is 0 Å². The molecule has 2 aromatic heterocycles. The van der Waals surface area contributed by atoms with Crippen LogP contribution >= 0.6 is 46.1 Å². The summed E-state index contributed by atoms with van der Waals surface area (Å²) in [5, 5.41) is 18.8. The predicted molar refractivity (Wildman–Crippen MR) is 122 cm³/mol. The van der Waals surface area contributed by atoms with Gasteiger partial charge in [0.2, 0.25) is 0 Å². The molecule has 0 aliphatic heterocycles. The second-order valence-electron chi connectivity index (χ2n) is 6.36. The molecule has 7 nitrogen and oxygen atoms in total. The van der Waals surface area contributed by atoms with Crippen molar-refractivity contribution in [1.29, 1.82) is 0 Å². The number of ether oxygens (including phenoxy) is 1. The molecule has 4 rings (SSSR count). The molecule has 1 atom stereocenters. The molecule has 4 aromatic rings. The van der Waals surface area contributed by atoms with Crippen LogP contribution in [-0.4, -0.2) is 19.8 Å². The highest BCUT2D eigenvalue weighted by Crippen LogP contribution is 2.33. The molecule has 2 heterocycles. The molecule has 0 aliphatic rings. The SMILES string of the molecule is Clc1ccc(C(Cn2ccnc2)OCc2csc3ccc(Cl)cc23)c(Cl)c1.O=[N+]([O-])O. The van der Waals surface area contributed by atoms with Gasteiger partial charge < -0.3 is 14.5 Å². The van der Waals surface area contributed by atoms with Gasteiger partial charge in [0, 0.05) is 37.7 Å². The van der Waals surface area contributed by atoms with Gasteiger partial charge in [0.15, 0.2) is 0 Å². The molecule has 2 aromatic carbocycles. The third-order valence-electron chi connectivity index (χ3n) is 4.30. The van der Waals surface area contributed by atoms with Gasteiger partial charge in [-0.15, -0.1) is 21.5 Å². The zero-order valence-corrected chi connectivity index (χ0v) is 18.9. The van der Waals surface area contributed by atoms with E-state index < -0.39 is 5.09 Å². The van der Waals surface area contributed by atoms with Gasteiger partial charge in [-0.3, -0.25) is 0 Å². The first-order chi connectivity index (χ1) is 14.8. The average molecular weight is 501 g/mol. The van der Waals surface area contributed by atoms with Crippen molar-refractivity contribution in [2.75, 3.05) is 0 Å². The summed E-state index contributed by atoms with van der Waals surface area (Å²) in [6.07, 6.45) is 5.17. The van der Waals surface area contributed by atoms with Crippen LogP contribution in [0.25, 0.3) is 10.1 Å². The Balaban J connectivity index is 0.000000628. The Labute approximate surface area is 196 Å². The topological polar surface area (TPSA) is 90.4 Å². The fraction of sp³-hybridized carbons (Fsp3) is 0.150. The Morgan fingerprint density at radius 2 is 1.90 bits per heavy atom. The van der Waals surface area contributed by atoms with E-state index in [4.69, 9.17) is 54.9 Å². The first-order valence-electron chi connectivity index (χ1n) is 8.84. The smallest absolute Gasteiger partial charge is 0.291 e. The predicted octanol–water partition coefficient (Wildman–Crippen LogP) is 6.67. The number of thiophene rings is 1. The van der Waals surface area contributed by atoms with Crippen LogP contribution in [0.2, 0.25) is 15.1 Å². The Kier molecular flexibility index (Phi) is 8.11. The van der Waals surface area contributed by atoms with E-state index in [9.17, 15) is 0 Å². The molecule has 0 saturated heterocycles. The number of aromatic nitrogens is 2. The van der Waals surface area contributed by atoms with E-state index in [1.807, 2.05) is 41.1 Å². The van der Waals surface area contributed by atoms with Crippen molar-refractivity contribution in [1.82, 2.24) is 9.55 Å². The molecule has 0 saturated carbocycles. The normalized spacial score (nSPS) is 11.7. The lowest BCUT2D eigenvalue weighted by Gasteiger charge is -2.20. The molecule has 0 fully saturated rings. The van der Waals surface area contributed by atoms with Gasteiger partial charge in [0.1, 0.15) is 6.10 Å². The van der Waals surface area contributed by atoms with Crippen molar-refractivity contribution in [3.63, 3.8) is 0 Å². The highest BCUT2D eigenvalue weighted by molar-refractivity contribution is 7.17. The molecule has 31 heavy (non-hydrogen) atoms. The standard InChI is InChI=1S/C20H15Cl3N2OS.HNO3/c21-14-2-4-20-17(7-14)13(11-27-20)10-26-19(9-25-6-5-24-12-25)16-3-1-15(22)8-18(16)23;2-1(3)4/h1-8,11-12,19H,9-10H2;(H,2,3,4). The van der Waals surface area contributed by atoms with Crippen LogP contribution in [-0.2, 0) is 17.9 Å². The maximum Gasteiger partial charge on any atom is 0.291 e. The van der Waals surface area contributed by atoms with Gasteiger partial charge in [-0.25, -0.2) is 4.98 Å². The third kappa shape index (κ3) is 6.56. The Bertz CT molecular complexity index is 1160. The lowest BCUT2D eigenvalue weighted by Crippen LogP contribution is -2.12. The van der Waals surface area contributed by atoms with Gasteiger partial charge in [-0.2, -0.15) is 0 Å². The first kappa shape index (κ1) is 23.3. The third-order valence-corrected chi connectivity index (χ3v) is 6.11. The summed E-state index contributed by atoms with van der Waals surface area (Å²) in [6, 6.07) is 11.4. The molecule has 0 radical (unpaired) electrons. The van der Waals surface area contributed by atoms with E-state index in [2.05, 4.69) is 10.4 Å². The van der Waals surface area contributed by atoms with Crippen LogP contribution in [0.5, 0.6) is 0 Å². The second kappa shape index (κ2) is 10.8. The molecule has 0 bridgehead atoms. The zero-order valence-electron chi connectivity index (χ0n) is 15.8. The van der Waals surface area contributed by atoms with Gasteiger partial charge in [0.05, 0.1) is 19.5 Å². The fourth-order valence-electron chi connectivity index (χ4n) is 2.95. The number of hydrogen-bond acceptors (Lipinski definition) is 5. The summed E-state index contributed by atoms with van der Waals surface area (Å²) in [6.45, 7) is 1.06. The van der Waals surface area contributed by atoms with E-state index in [0.717, 1.165) is 21.5 Å². The zero-order chi connectivity index (χ0) is 22.4. The average Bonchev–Trinajstić information content (AvgIpc) is 3.34. The number of fused-ring (bicyclic) bond motifs is 1. The van der Waals surface area contributed by atoms with Gasteiger partial charge >= 0.3 is 0 Å². The van der Waals surface area contributed by atoms with Crippen LogP contribution in [0.1, 0.15) is 17.2 Å². The number of imidazole rings is 1. The number of rotatable bonds is 6. The fourth-order valence-corrected chi connectivity index (χ4v) is 4.58. The van der Waals surface area contributed by atoms with Crippen LogP contribution in [0.3, 0.4) is 0 Å². The lowest BCUT2D eigenvalue weighted by atomic mass is 10.1. The summed E-state index contributed by atoms with van der Waals surface area (Å²) in [5.74, 6) is 0. The van der Waals surface area contributed by atoms with Gasteiger partial charge in [0.25, 0.3) is 5.09 Å². The number of nitrogens with zero attached hydrogens (tertiary/aromatic N) is 3. The minimum atomic E-state index is -1.50. The molecule has 0 aliphatic carbocycles. The van der Waals surface area contributed by atoms with Crippen molar-refractivity contribution in [2.24, 2.45) is 0 Å². The van der Waals surface area contributed by atoms with Gasteiger partial charge in [-0.05, 0) is 46.7 Å². The second-order valence-corrected chi connectivity index (χ2v) is 8.56. The molecule has 11 heteroatoms. The van der Waals surface area contributed by atoms with Crippen molar-refractivity contribution < 1.29 is 15.0 Å². The Morgan fingerprint density at radius 3 is 2.58 bits per heavy atom. The molecule has 0 spiro atoms. The molecular weight excluding hydrogens is 485 g/mol. The highest BCUT2D eigenvalue weighted by atomic mass is 35.5. The minimum absolute atomic E-state index is 0.238. The lowest BCUT2D eigenvalue weighted by molar-refractivity contribution is -0.742. The number of benzene rings is 2. The van der Waals surface area contributed by atoms with Crippen molar-refractivity contribution in [2.45, 2.75) is 19.3 Å². The summed E-state index contributed by atoms with van der Waals surface area (Å²) >= 11 is 20.3. The largest absolute Gasteiger partial charge is 0.367 e. The molecule has 1 N–H and O–H groups in total. The number of hydrogen-bond donors (Lipinski definition) is 1. The van der Waals surface area contributed by atoms with E-state index in [-0.39, 0.29) is 6.10 Å². The van der Waals surface area contributed by atoms with Crippen LogP contribution < -0.4 is 0 Å². The maximum absolute atomic E-state index is 8.36. The maximum atomic E-state index is 8.36. The molecule has 162 valence electrons.